The number of halogens is 2. The minimum absolute atomic E-state index is 0.0644. The van der Waals surface area contributed by atoms with Gasteiger partial charge in [-0.2, -0.15) is 0 Å². The van der Waals surface area contributed by atoms with Crippen LogP contribution in [0.4, 0.5) is 14.5 Å². The molecule has 0 atom stereocenters. The number of carbonyl (C=O) groups is 1. The van der Waals surface area contributed by atoms with Gasteiger partial charge >= 0.3 is 0 Å². The van der Waals surface area contributed by atoms with Gasteiger partial charge in [0.05, 0.1) is 16.5 Å². The number of hydrogen-bond acceptors (Lipinski definition) is 3. The number of rotatable bonds is 7. The molecule has 5 nitrogen and oxygen atoms in total. The molecular formula is C18H24F2N2O3S. The van der Waals surface area contributed by atoms with Crippen LogP contribution in [-0.4, -0.2) is 25.1 Å². The molecular weight excluding hydrogens is 362 g/mol. The third-order valence-corrected chi connectivity index (χ3v) is 7.17. The predicted molar refractivity (Wildman–Crippen MR) is 95.8 cm³/mol. The van der Waals surface area contributed by atoms with Crippen LogP contribution in [-0.2, 0) is 15.9 Å². The van der Waals surface area contributed by atoms with Gasteiger partial charge in [0.2, 0.25) is 10.0 Å². The summed E-state index contributed by atoms with van der Waals surface area (Å²) >= 11 is 0. The largest absolute Gasteiger partial charge is 0.347 e. The van der Waals surface area contributed by atoms with Crippen LogP contribution < -0.4 is 10.0 Å². The van der Waals surface area contributed by atoms with Crippen molar-refractivity contribution in [1.82, 2.24) is 5.32 Å². The number of alkyl halides is 2. The number of amides is 1. The second-order valence-corrected chi connectivity index (χ2v) is 9.96. The number of hydrogen-bond donors (Lipinski definition) is 2. The summed E-state index contributed by atoms with van der Waals surface area (Å²) in [6, 6.07) is 3.53. The summed E-state index contributed by atoms with van der Waals surface area (Å²) in [4.78, 5) is 12.7. The summed E-state index contributed by atoms with van der Waals surface area (Å²) in [5.41, 5.74) is -0.548. The second kappa shape index (κ2) is 6.18. The first-order valence-corrected chi connectivity index (χ1v) is 10.4. The van der Waals surface area contributed by atoms with Crippen LogP contribution >= 0.6 is 0 Å². The minimum atomic E-state index is -3.78. The summed E-state index contributed by atoms with van der Waals surface area (Å²) in [5, 5.41) is 2.18. The molecule has 0 unspecified atom stereocenters. The van der Waals surface area contributed by atoms with Crippen LogP contribution in [0.25, 0.3) is 0 Å². The first-order chi connectivity index (χ1) is 12.0. The highest BCUT2D eigenvalue weighted by atomic mass is 32.2. The van der Waals surface area contributed by atoms with E-state index >= 15 is 0 Å². The molecule has 1 aromatic rings. The van der Waals surface area contributed by atoms with Crippen molar-refractivity contribution in [3.05, 3.63) is 29.3 Å². The van der Waals surface area contributed by atoms with Gasteiger partial charge in [-0.1, -0.05) is 13.0 Å². The van der Waals surface area contributed by atoms with Crippen LogP contribution in [0, 0.1) is 5.92 Å². The van der Waals surface area contributed by atoms with Crippen LogP contribution in [0.2, 0.25) is 0 Å². The Bertz CT molecular complexity index is 820. The Hall–Kier alpha value is -1.70. The van der Waals surface area contributed by atoms with Crippen molar-refractivity contribution in [3.8, 4) is 0 Å². The molecule has 26 heavy (non-hydrogen) atoms. The van der Waals surface area contributed by atoms with Crippen LogP contribution in [0.5, 0.6) is 0 Å². The number of nitrogens with one attached hydrogen (secondary N) is 2. The zero-order chi connectivity index (χ0) is 19.3. The smallest absolute Gasteiger partial charge is 0.273 e. The second-order valence-electron chi connectivity index (χ2n) is 7.73. The van der Waals surface area contributed by atoms with Crippen LogP contribution in [0.3, 0.4) is 0 Å². The SMILES string of the molecule is CCC(F)(F)c1ccc(C(=O)NC23CC(C2)C3)c(NS(=O)(=O)C(C)C)c1. The molecule has 0 saturated heterocycles. The van der Waals surface area contributed by atoms with Gasteiger partial charge in [-0.05, 0) is 51.2 Å². The van der Waals surface area contributed by atoms with E-state index in [-0.39, 0.29) is 22.4 Å². The number of sulfonamides is 1. The molecule has 0 spiro atoms. The fourth-order valence-electron chi connectivity index (χ4n) is 3.47. The molecule has 3 aliphatic rings. The van der Waals surface area contributed by atoms with E-state index in [4.69, 9.17) is 0 Å². The van der Waals surface area contributed by atoms with Gasteiger partial charge in [0.15, 0.2) is 0 Å². The maximum absolute atomic E-state index is 14.1. The van der Waals surface area contributed by atoms with E-state index in [9.17, 15) is 22.0 Å². The number of benzene rings is 1. The quantitative estimate of drug-likeness (QED) is 0.752. The fourth-order valence-corrected chi connectivity index (χ4v) is 4.18. The summed E-state index contributed by atoms with van der Waals surface area (Å²) in [6.45, 7) is 4.31. The molecule has 4 rings (SSSR count). The van der Waals surface area contributed by atoms with Crippen molar-refractivity contribution in [2.45, 2.75) is 63.2 Å². The van der Waals surface area contributed by atoms with Crippen molar-refractivity contribution < 1.29 is 22.0 Å². The normalized spacial score (nSPS) is 24.6. The van der Waals surface area contributed by atoms with Crippen molar-refractivity contribution in [3.63, 3.8) is 0 Å². The molecule has 0 radical (unpaired) electrons. The Morgan fingerprint density at radius 3 is 2.38 bits per heavy atom. The van der Waals surface area contributed by atoms with Crippen molar-refractivity contribution in [2.75, 3.05) is 4.72 Å². The summed E-state index contributed by atoms with van der Waals surface area (Å²) in [7, 11) is -3.78. The highest BCUT2D eigenvalue weighted by Gasteiger charge is 2.57. The highest BCUT2D eigenvalue weighted by molar-refractivity contribution is 7.93. The molecule has 0 aromatic heterocycles. The lowest BCUT2D eigenvalue weighted by Gasteiger charge is -2.61. The molecule has 2 N–H and O–H groups in total. The first-order valence-electron chi connectivity index (χ1n) is 8.84. The van der Waals surface area contributed by atoms with Gasteiger partial charge < -0.3 is 5.32 Å². The molecule has 3 saturated carbocycles. The van der Waals surface area contributed by atoms with Gasteiger partial charge in [0, 0.05) is 17.5 Å². The van der Waals surface area contributed by atoms with Gasteiger partial charge in [0.25, 0.3) is 11.8 Å². The number of anilines is 1. The van der Waals surface area contributed by atoms with E-state index in [2.05, 4.69) is 10.0 Å². The zero-order valence-electron chi connectivity index (χ0n) is 15.1. The minimum Gasteiger partial charge on any atom is -0.347 e. The monoisotopic (exact) mass is 386 g/mol. The molecule has 2 bridgehead atoms. The Morgan fingerprint density at radius 2 is 1.92 bits per heavy atom. The van der Waals surface area contributed by atoms with E-state index in [1.165, 1.54) is 32.9 Å². The summed E-state index contributed by atoms with van der Waals surface area (Å²) in [6.07, 6.45) is 2.37. The standard InChI is InChI=1S/C18H24F2N2O3S/c1-4-18(19,20)13-5-6-14(15(7-13)22-26(24,25)11(2)3)16(23)21-17-8-12(9-17)10-17/h5-7,11-12,22H,4,8-10H2,1-3H3,(H,21,23). The van der Waals surface area contributed by atoms with E-state index in [0.717, 1.165) is 25.3 Å². The molecule has 8 heteroatoms. The third kappa shape index (κ3) is 3.31. The van der Waals surface area contributed by atoms with Crippen molar-refractivity contribution in [2.24, 2.45) is 5.92 Å². The fraction of sp³-hybridized carbons (Fsp3) is 0.611. The van der Waals surface area contributed by atoms with Gasteiger partial charge in [0.1, 0.15) is 0 Å². The Kier molecular flexibility index (Phi) is 4.53. The lowest BCUT2D eigenvalue weighted by atomic mass is 9.50. The Labute approximate surface area is 152 Å². The maximum atomic E-state index is 14.1. The topological polar surface area (TPSA) is 75.3 Å². The molecule has 1 aromatic carbocycles. The molecule has 1 amide bonds. The van der Waals surface area contributed by atoms with Gasteiger partial charge in [-0.15, -0.1) is 0 Å². The average molecular weight is 386 g/mol. The maximum Gasteiger partial charge on any atom is 0.273 e. The predicted octanol–water partition coefficient (Wildman–Crippen LogP) is 3.62. The Balaban J connectivity index is 1.95. The average Bonchev–Trinajstić information content (AvgIpc) is 2.48. The lowest BCUT2D eigenvalue weighted by Crippen LogP contribution is -2.68. The van der Waals surface area contributed by atoms with Crippen LogP contribution in [0.1, 0.15) is 62.4 Å². The van der Waals surface area contributed by atoms with E-state index < -0.39 is 33.5 Å². The molecule has 0 aliphatic heterocycles. The van der Waals surface area contributed by atoms with Crippen molar-refractivity contribution >= 4 is 21.6 Å². The molecule has 0 heterocycles. The van der Waals surface area contributed by atoms with E-state index in [0.29, 0.717) is 5.92 Å². The summed E-state index contributed by atoms with van der Waals surface area (Å²) in [5.74, 6) is -2.86. The van der Waals surface area contributed by atoms with Gasteiger partial charge in [-0.25, -0.2) is 17.2 Å². The first kappa shape index (κ1) is 19.1. The zero-order valence-corrected chi connectivity index (χ0v) is 15.9. The molecule has 144 valence electrons. The Morgan fingerprint density at radius 1 is 1.31 bits per heavy atom. The summed E-state index contributed by atoms with van der Waals surface area (Å²) < 4.78 is 54.9. The molecule has 3 fully saturated rings. The third-order valence-electron chi connectivity index (χ3n) is 5.42. The lowest BCUT2D eigenvalue weighted by molar-refractivity contribution is -0.0438. The van der Waals surface area contributed by atoms with E-state index in [1.54, 1.807) is 0 Å². The van der Waals surface area contributed by atoms with E-state index in [1.807, 2.05) is 0 Å². The van der Waals surface area contributed by atoms with Gasteiger partial charge in [-0.3, -0.25) is 9.52 Å². The van der Waals surface area contributed by atoms with Crippen LogP contribution in [0.15, 0.2) is 18.2 Å². The van der Waals surface area contributed by atoms with Crippen molar-refractivity contribution in [1.29, 1.82) is 0 Å². The molecule has 3 aliphatic carbocycles. The number of carbonyl (C=O) groups excluding carboxylic acids is 1. The highest BCUT2D eigenvalue weighted by Crippen LogP contribution is 2.57.